The Balaban J connectivity index is 2.03. The van der Waals surface area contributed by atoms with Gasteiger partial charge in [0.1, 0.15) is 0 Å². The number of carbonyl (C=O) groups is 1. The number of halogens is 3. The second-order valence-electron chi connectivity index (χ2n) is 5.91. The molecule has 5 nitrogen and oxygen atoms in total. The van der Waals surface area contributed by atoms with E-state index >= 15 is 0 Å². The van der Waals surface area contributed by atoms with Gasteiger partial charge in [0, 0.05) is 25.1 Å². The molecule has 2 heterocycles. The van der Waals surface area contributed by atoms with Crippen molar-refractivity contribution in [1.82, 2.24) is 14.7 Å². The highest BCUT2D eigenvalue weighted by molar-refractivity contribution is 5.70. The maximum absolute atomic E-state index is 13.3. The van der Waals surface area contributed by atoms with E-state index in [9.17, 15) is 18.0 Å². The van der Waals surface area contributed by atoms with Gasteiger partial charge in [-0.2, -0.15) is 18.3 Å². The molecule has 0 spiro atoms. The molecule has 1 N–H and O–H groups in total. The van der Waals surface area contributed by atoms with E-state index in [2.05, 4.69) is 5.10 Å². The highest BCUT2D eigenvalue weighted by Gasteiger charge is 2.40. The van der Waals surface area contributed by atoms with Crippen LogP contribution in [0, 0.1) is 0 Å². The van der Waals surface area contributed by atoms with Gasteiger partial charge in [-0.3, -0.25) is 4.79 Å². The molecular formula is C16H16F3N3O2. The quantitative estimate of drug-likeness (QED) is 0.933. The average molecular weight is 339 g/mol. The lowest BCUT2D eigenvalue weighted by molar-refractivity contribution is -0.142. The Kier molecular flexibility index (Phi) is 4.08. The monoisotopic (exact) mass is 339 g/mol. The molecule has 2 aromatic rings. The fourth-order valence-corrected chi connectivity index (χ4v) is 2.92. The molecule has 0 atom stereocenters. The number of fused-ring (bicyclic) bond motifs is 1. The van der Waals surface area contributed by atoms with Gasteiger partial charge in [-0.25, -0.2) is 4.68 Å². The number of nitrogens with zero attached hydrogens (tertiary/aromatic N) is 3. The maximum Gasteiger partial charge on any atom is 0.435 e. The largest absolute Gasteiger partial charge is 0.481 e. The number of carboxylic acid groups (broad SMARTS) is 1. The van der Waals surface area contributed by atoms with Gasteiger partial charge in [0.15, 0.2) is 5.69 Å². The van der Waals surface area contributed by atoms with Crippen molar-refractivity contribution in [2.75, 3.05) is 13.6 Å². The molecule has 0 saturated heterocycles. The van der Waals surface area contributed by atoms with E-state index in [0.29, 0.717) is 29.9 Å². The predicted octanol–water partition coefficient (Wildman–Crippen LogP) is 2.51. The average Bonchev–Trinajstić information content (AvgIpc) is 2.86. The summed E-state index contributed by atoms with van der Waals surface area (Å²) >= 11 is 0. The van der Waals surface area contributed by atoms with Crippen molar-refractivity contribution >= 4 is 5.97 Å². The zero-order valence-electron chi connectivity index (χ0n) is 13.0. The summed E-state index contributed by atoms with van der Waals surface area (Å²) in [6.45, 7) is 0.869. The van der Waals surface area contributed by atoms with Crippen molar-refractivity contribution in [2.45, 2.75) is 25.6 Å². The molecule has 0 saturated carbocycles. The second kappa shape index (κ2) is 5.94. The van der Waals surface area contributed by atoms with Gasteiger partial charge in [-0.05, 0) is 24.7 Å². The molecule has 0 amide bonds. The van der Waals surface area contributed by atoms with E-state index in [1.54, 1.807) is 31.3 Å². The Morgan fingerprint density at radius 1 is 1.29 bits per heavy atom. The topological polar surface area (TPSA) is 58.4 Å². The molecule has 0 aliphatic carbocycles. The molecule has 3 rings (SSSR count). The van der Waals surface area contributed by atoms with Crippen molar-refractivity contribution in [2.24, 2.45) is 0 Å². The summed E-state index contributed by atoms with van der Waals surface area (Å²) in [4.78, 5) is 12.5. The minimum absolute atomic E-state index is 0.129. The predicted molar refractivity (Wildman–Crippen MR) is 79.9 cm³/mol. The van der Waals surface area contributed by atoms with E-state index in [0.717, 1.165) is 0 Å². The summed E-state index contributed by atoms with van der Waals surface area (Å²) in [7, 11) is 1.78. The lowest BCUT2D eigenvalue weighted by Crippen LogP contribution is -2.28. The second-order valence-corrected chi connectivity index (χ2v) is 5.91. The molecule has 0 radical (unpaired) electrons. The molecule has 0 unspecified atom stereocenters. The van der Waals surface area contributed by atoms with Crippen LogP contribution in [0.5, 0.6) is 0 Å². The van der Waals surface area contributed by atoms with Crippen molar-refractivity contribution in [3.63, 3.8) is 0 Å². The van der Waals surface area contributed by atoms with Crippen LogP contribution in [0.15, 0.2) is 24.3 Å². The van der Waals surface area contributed by atoms with Crippen LogP contribution in [-0.2, 0) is 30.4 Å². The first-order valence-corrected chi connectivity index (χ1v) is 7.43. The van der Waals surface area contributed by atoms with Gasteiger partial charge in [0.2, 0.25) is 0 Å². The van der Waals surface area contributed by atoms with Crippen molar-refractivity contribution in [3.05, 3.63) is 46.8 Å². The van der Waals surface area contributed by atoms with Crippen LogP contribution >= 0.6 is 0 Å². The summed E-state index contributed by atoms with van der Waals surface area (Å²) in [6.07, 6.45) is -4.15. The third-order valence-electron chi connectivity index (χ3n) is 4.05. The van der Waals surface area contributed by atoms with Crippen LogP contribution in [0.3, 0.4) is 0 Å². The van der Waals surface area contributed by atoms with Crippen LogP contribution in [0.2, 0.25) is 0 Å². The van der Waals surface area contributed by atoms with Crippen LogP contribution in [0.4, 0.5) is 13.2 Å². The Labute approximate surface area is 136 Å². The minimum atomic E-state index is -4.50. The highest BCUT2D eigenvalue weighted by atomic mass is 19.4. The number of hydrogen-bond donors (Lipinski definition) is 1. The van der Waals surface area contributed by atoms with Gasteiger partial charge in [-0.1, -0.05) is 12.1 Å². The zero-order chi connectivity index (χ0) is 17.5. The number of aromatic nitrogens is 2. The maximum atomic E-state index is 13.3. The van der Waals surface area contributed by atoms with Crippen LogP contribution in [0.25, 0.3) is 5.69 Å². The molecule has 1 aliphatic heterocycles. The smallest absolute Gasteiger partial charge is 0.435 e. The van der Waals surface area contributed by atoms with E-state index in [1.165, 1.54) is 4.68 Å². The van der Waals surface area contributed by atoms with Crippen LogP contribution in [-0.4, -0.2) is 39.3 Å². The van der Waals surface area contributed by atoms with Gasteiger partial charge >= 0.3 is 12.1 Å². The van der Waals surface area contributed by atoms with E-state index in [1.807, 2.05) is 4.90 Å². The molecule has 1 aliphatic rings. The van der Waals surface area contributed by atoms with Gasteiger partial charge < -0.3 is 10.0 Å². The van der Waals surface area contributed by atoms with E-state index < -0.39 is 17.8 Å². The lowest BCUT2D eigenvalue weighted by atomic mass is 10.0. The van der Waals surface area contributed by atoms with Crippen LogP contribution in [0.1, 0.15) is 22.5 Å². The SMILES string of the molecule is CN1CCc2c(c(C(F)(F)F)nn2-c2ccc(CC(=O)O)cc2)C1. The van der Waals surface area contributed by atoms with E-state index in [-0.39, 0.29) is 18.5 Å². The summed E-state index contributed by atoms with van der Waals surface area (Å²) < 4.78 is 41.2. The molecule has 0 bridgehead atoms. The molecule has 1 aromatic carbocycles. The number of hydrogen-bond acceptors (Lipinski definition) is 3. The van der Waals surface area contributed by atoms with Crippen molar-refractivity contribution in [1.29, 1.82) is 0 Å². The van der Waals surface area contributed by atoms with Gasteiger partial charge in [-0.15, -0.1) is 0 Å². The summed E-state index contributed by atoms with van der Waals surface area (Å²) in [6, 6.07) is 6.40. The number of rotatable bonds is 3. The number of carboxylic acids is 1. The van der Waals surface area contributed by atoms with Crippen molar-refractivity contribution < 1.29 is 23.1 Å². The number of likely N-dealkylation sites (N-methyl/N-ethyl adjacent to an activating group) is 1. The van der Waals surface area contributed by atoms with Gasteiger partial charge in [0.25, 0.3) is 0 Å². The third kappa shape index (κ3) is 3.14. The number of aliphatic carboxylic acids is 1. The third-order valence-corrected chi connectivity index (χ3v) is 4.05. The first-order chi connectivity index (χ1) is 11.3. The molecule has 128 valence electrons. The fraction of sp³-hybridized carbons (Fsp3) is 0.375. The van der Waals surface area contributed by atoms with Crippen LogP contribution < -0.4 is 0 Å². The van der Waals surface area contributed by atoms with Gasteiger partial charge in [0.05, 0.1) is 17.8 Å². The lowest BCUT2D eigenvalue weighted by Gasteiger charge is -2.23. The Bertz CT molecular complexity index is 766. The summed E-state index contributed by atoms with van der Waals surface area (Å²) in [5, 5.41) is 12.6. The van der Waals surface area contributed by atoms with Crippen molar-refractivity contribution in [3.8, 4) is 5.69 Å². The molecule has 24 heavy (non-hydrogen) atoms. The molecule has 8 heteroatoms. The minimum Gasteiger partial charge on any atom is -0.481 e. The standard InChI is InChI=1S/C16H16F3N3O2/c1-21-7-6-13-12(9-21)15(16(17,18)19)20-22(13)11-4-2-10(3-5-11)8-14(23)24/h2-5H,6-9H2,1H3,(H,23,24). The van der Waals surface area contributed by atoms with E-state index in [4.69, 9.17) is 5.11 Å². The first-order valence-electron chi connectivity index (χ1n) is 7.43. The normalized spacial score (nSPS) is 15.3. The number of benzene rings is 1. The zero-order valence-corrected chi connectivity index (χ0v) is 13.0. The Morgan fingerprint density at radius 3 is 2.54 bits per heavy atom. The fourth-order valence-electron chi connectivity index (χ4n) is 2.92. The molecule has 1 aromatic heterocycles. The summed E-state index contributed by atoms with van der Waals surface area (Å²) in [5.41, 5.74) is 1.01. The Morgan fingerprint density at radius 2 is 1.96 bits per heavy atom. The first kappa shape index (κ1) is 16.5. The number of alkyl halides is 3. The summed E-state index contributed by atoms with van der Waals surface area (Å²) in [5.74, 6) is -0.957. The molecular weight excluding hydrogens is 323 g/mol. The Hall–Kier alpha value is -2.35. The highest BCUT2D eigenvalue weighted by Crippen LogP contribution is 2.35. The molecule has 0 fully saturated rings.